The van der Waals surface area contributed by atoms with Crippen molar-refractivity contribution in [1.82, 2.24) is 4.90 Å². The summed E-state index contributed by atoms with van der Waals surface area (Å²) in [6, 6.07) is 5.47. The minimum atomic E-state index is 0. The molecule has 0 atom stereocenters. The van der Waals surface area contributed by atoms with Crippen LogP contribution >= 0.6 is 24.0 Å². The zero-order valence-corrected chi connectivity index (χ0v) is 12.8. The lowest BCUT2D eigenvalue weighted by Gasteiger charge is -2.25. The number of hydrogen-bond acceptors (Lipinski definition) is 2. The van der Waals surface area contributed by atoms with E-state index in [4.69, 9.17) is 17.3 Å². The van der Waals surface area contributed by atoms with Crippen molar-refractivity contribution in [3.63, 3.8) is 0 Å². The molecule has 0 aliphatic heterocycles. The van der Waals surface area contributed by atoms with E-state index < -0.39 is 0 Å². The Kier molecular flexibility index (Phi) is 5.50. The van der Waals surface area contributed by atoms with Gasteiger partial charge in [0.25, 0.3) is 5.91 Å². The maximum Gasteiger partial charge on any atom is 0.255 e. The molecule has 2 rings (SSSR count). The zero-order chi connectivity index (χ0) is 13.3. The van der Waals surface area contributed by atoms with Crippen molar-refractivity contribution in [2.45, 2.75) is 32.7 Å². The first kappa shape index (κ1) is 16.1. The molecule has 1 aliphatic carbocycles. The molecule has 19 heavy (non-hydrogen) atoms. The molecule has 106 valence electrons. The van der Waals surface area contributed by atoms with Crippen LogP contribution in [-0.2, 0) is 0 Å². The molecule has 5 heteroatoms. The summed E-state index contributed by atoms with van der Waals surface area (Å²) < 4.78 is 0. The molecule has 1 saturated carbocycles. The van der Waals surface area contributed by atoms with E-state index in [1.165, 1.54) is 0 Å². The van der Waals surface area contributed by atoms with Gasteiger partial charge in [-0.3, -0.25) is 4.79 Å². The summed E-state index contributed by atoms with van der Waals surface area (Å²) in [6.07, 6.45) is 2.20. The van der Waals surface area contributed by atoms with Gasteiger partial charge in [-0.05, 0) is 37.0 Å². The summed E-state index contributed by atoms with van der Waals surface area (Å²) in [5.41, 5.74) is 6.78. The molecule has 1 amide bonds. The molecule has 0 aromatic heterocycles. The molecule has 0 radical (unpaired) electrons. The quantitative estimate of drug-likeness (QED) is 0.864. The summed E-state index contributed by atoms with van der Waals surface area (Å²) in [7, 11) is 0. The van der Waals surface area contributed by atoms with Crippen LogP contribution in [0.3, 0.4) is 0 Å². The minimum Gasteiger partial charge on any atom is -0.399 e. The monoisotopic (exact) mass is 302 g/mol. The van der Waals surface area contributed by atoms with Gasteiger partial charge in [-0.25, -0.2) is 0 Å². The average Bonchev–Trinajstić information content (AvgIpc) is 3.08. The number of rotatable bonds is 4. The molecule has 0 heterocycles. The summed E-state index contributed by atoms with van der Waals surface area (Å²) in [5.74, 6) is 0.485. The van der Waals surface area contributed by atoms with Crippen molar-refractivity contribution in [3.05, 3.63) is 28.8 Å². The fraction of sp³-hybridized carbons (Fsp3) is 0.500. The highest BCUT2D eigenvalue weighted by Crippen LogP contribution is 2.30. The molecular weight excluding hydrogens is 283 g/mol. The number of anilines is 1. The second-order valence-electron chi connectivity index (χ2n) is 5.32. The third-order valence-electron chi connectivity index (χ3n) is 3.03. The molecule has 0 spiro atoms. The normalized spacial score (nSPS) is 14.1. The summed E-state index contributed by atoms with van der Waals surface area (Å²) >= 11 is 6.10. The van der Waals surface area contributed by atoms with Gasteiger partial charge in [0, 0.05) is 18.3 Å². The van der Waals surface area contributed by atoms with Gasteiger partial charge in [-0.15, -0.1) is 12.4 Å². The zero-order valence-electron chi connectivity index (χ0n) is 11.2. The van der Waals surface area contributed by atoms with Crippen LogP contribution in [0.5, 0.6) is 0 Å². The lowest BCUT2D eigenvalue weighted by Crippen LogP contribution is -2.36. The Labute approximate surface area is 125 Å². The number of halogens is 2. The SMILES string of the molecule is CC(C)CN(C(=O)c1ccc(N)cc1Cl)C1CC1.Cl. The van der Waals surface area contributed by atoms with Crippen LogP contribution in [0, 0.1) is 5.92 Å². The maximum atomic E-state index is 12.5. The molecule has 1 fully saturated rings. The molecular formula is C14H20Cl2N2O. The van der Waals surface area contributed by atoms with Crippen LogP contribution < -0.4 is 5.73 Å². The highest BCUT2D eigenvalue weighted by atomic mass is 35.5. The molecule has 1 aliphatic rings. The van der Waals surface area contributed by atoms with Gasteiger partial charge in [0.1, 0.15) is 0 Å². The first-order valence-electron chi connectivity index (χ1n) is 6.35. The average molecular weight is 303 g/mol. The summed E-state index contributed by atoms with van der Waals surface area (Å²) in [5, 5.41) is 0.439. The van der Waals surface area contributed by atoms with Gasteiger partial charge in [-0.2, -0.15) is 0 Å². The standard InChI is InChI=1S/C14H19ClN2O.ClH/c1-9(2)8-17(11-4-5-11)14(18)12-6-3-10(16)7-13(12)15;/h3,6-7,9,11H,4-5,8,16H2,1-2H3;1H. The number of amides is 1. The van der Waals surface area contributed by atoms with E-state index in [9.17, 15) is 4.79 Å². The first-order valence-corrected chi connectivity index (χ1v) is 6.73. The van der Waals surface area contributed by atoms with Crippen LogP contribution in [0.1, 0.15) is 37.0 Å². The Morgan fingerprint density at radius 1 is 1.47 bits per heavy atom. The van der Waals surface area contributed by atoms with E-state index in [-0.39, 0.29) is 18.3 Å². The number of carbonyl (C=O) groups is 1. The number of hydrogen-bond donors (Lipinski definition) is 1. The topological polar surface area (TPSA) is 46.3 Å². The van der Waals surface area contributed by atoms with Crippen molar-refractivity contribution < 1.29 is 4.79 Å². The van der Waals surface area contributed by atoms with Crippen LogP contribution in [0.15, 0.2) is 18.2 Å². The van der Waals surface area contributed by atoms with E-state index in [0.717, 1.165) is 19.4 Å². The smallest absolute Gasteiger partial charge is 0.255 e. The number of nitrogens with two attached hydrogens (primary N) is 1. The minimum absolute atomic E-state index is 0. The van der Waals surface area contributed by atoms with Crippen molar-refractivity contribution >= 4 is 35.6 Å². The second kappa shape index (κ2) is 6.49. The van der Waals surface area contributed by atoms with Crippen LogP contribution in [0.2, 0.25) is 5.02 Å². The summed E-state index contributed by atoms with van der Waals surface area (Å²) in [6.45, 7) is 5.02. The molecule has 0 saturated heterocycles. The Hall–Kier alpha value is -0.930. The fourth-order valence-electron chi connectivity index (χ4n) is 2.04. The number of nitrogens with zero attached hydrogens (tertiary/aromatic N) is 1. The van der Waals surface area contributed by atoms with Crippen LogP contribution in [0.4, 0.5) is 5.69 Å². The molecule has 0 bridgehead atoms. The van der Waals surface area contributed by atoms with Gasteiger partial charge >= 0.3 is 0 Å². The first-order chi connectivity index (χ1) is 8.49. The second-order valence-corrected chi connectivity index (χ2v) is 5.73. The van der Waals surface area contributed by atoms with E-state index in [1.54, 1.807) is 18.2 Å². The largest absolute Gasteiger partial charge is 0.399 e. The van der Waals surface area contributed by atoms with Crippen molar-refractivity contribution in [2.24, 2.45) is 5.92 Å². The van der Waals surface area contributed by atoms with Crippen molar-refractivity contribution in [1.29, 1.82) is 0 Å². The summed E-state index contributed by atoms with van der Waals surface area (Å²) in [4.78, 5) is 14.4. The third-order valence-corrected chi connectivity index (χ3v) is 3.35. The van der Waals surface area contributed by atoms with E-state index in [2.05, 4.69) is 13.8 Å². The highest BCUT2D eigenvalue weighted by molar-refractivity contribution is 6.34. The molecule has 0 unspecified atom stereocenters. The molecule has 1 aromatic rings. The van der Waals surface area contributed by atoms with Crippen LogP contribution in [-0.4, -0.2) is 23.4 Å². The Morgan fingerprint density at radius 2 is 2.11 bits per heavy atom. The predicted octanol–water partition coefficient (Wildman–Crippen LogP) is 3.60. The molecule has 1 aromatic carbocycles. The third kappa shape index (κ3) is 4.02. The molecule has 2 N–H and O–H groups in total. The Morgan fingerprint density at radius 3 is 2.58 bits per heavy atom. The van der Waals surface area contributed by atoms with Gasteiger partial charge in [0.05, 0.1) is 10.6 Å². The lowest BCUT2D eigenvalue weighted by atomic mass is 10.1. The Bertz CT molecular complexity index is 459. The predicted molar refractivity (Wildman–Crippen MR) is 82.0 cm³/mol. The van der Waals surface area contributed by atoms with Crippen molar-refractivity contribution in [2.75, 3.05) is 12.3 Å². The van der Waals surface area contributed by atoms with E-state index >= 15 is 0 Å². The van der Waals surface area contributed by atoms with Gasteiger partial charge in [0.15, 0.2) is 0 Å². The lowest BCUT2D eigenvalue weighted by molar-refractivity contribution is 0.0722. The fourth-order valence-corrected chi connectivity index (χ4v) is 2.31. The van der Waals surface area contributed by atoms with E-state index in [1.807, 2.05) is 4.90 Å². The van der Waals surface area contributed by atoms with Crippen molar-refractivity contribution in [3.8, 4) is 0 Å². The highest BCUT2D eigenvalue weighted by Gasteiger charge is 2.33. The Balaban J connectivity index is 0.00000180. The van der Waals surface area contributed by atoms with Gasteiger partial charge < -0.3 is 10.6 Å². The van der Waals surface area contributed by atoms with E-state index in [0.29, 0.717) is 28.2 Å². The molecule has 3 nitrogen and oxygen atoms in total. The maximum absolute atomic E-state index is 12.5. The van der Waals surface area contributed by atoms with Gasteiger partial charge in [0.2, 0.25) is 0 Å². The number of nitrogen functional groups attached to an aromatic ring is 1. The number of carbonyl (C=O) groups excluding carboxylic acids is 1. The van der Waals surface area contributed by atoms with Gasteiger partial charge in [-0.1, -0.05) is 25.4 Å². The number of benzene rings is 1. The van der Waals surface area contributed by atoms with Crippen LogP contribution in [0.25, 0.3) is 0 Å².